The van der Waals surface area contributed by atoms with E-state index in [4.69, 9.17) is 0 Å². The highest BCUT2D eigenvalue weighted by Crippen LogP contribution is 2.21. The average molecular weight is 275 g/mol. The zero-order chi connectivity index (χ0) is 13.0. The number of hydrogen-bond acceptors (Lipinski definition) is 3. The Morgan fingerprint density at radius 3 is 2.33 bits per heavy atom. The summed E-state index contributed by atoms with van der Waals surface area (Å²) in [5.74, 6) is 0. The maximum absolute atomic E-state index is 12.6. The Kier molecular flexibility index (Phi) is 5.00. The molecule has 0 radical (unpaired) electrons. The molecular formula is C12H25N3O2S. The van der Waals surface area contributed by atoms with Gasteiger partial charge in [-0.3, -0.25) is 0 Å². The van der Waals surface area contributed by atoms with Crippen molar-refractivity contribution in [2.75, 3.05) is 32.7 Å². The molecule has 6 heteroatoms. The van der Waals surface area contributed by atoms with Crippen LogP contribution in [-0.4, -0.2) is 55.8 Å². The van der Waals surface area contributed by atoms with Gasteiger partial charge in [0.25, 0.3) is 10.2 Å². The predicted octanol–water partition coefficient (Wildman–Crippen LogP) is 0.791. The molecule has 106 valence electrons. The van der Waals surface area contributed by atoms with Gasteiger partial charge in [-0.05, 0) is 38.8 Å². The smallest absolute Gasteiger partial charge is 0.282 e. The second-order valence-electron chi connectivity index (χ2n) is 5.15. The third-order valence-electron chi connectivity index (χ3n) is 3.97. The molecule has 2 aliphatic heterocycles. The van der Waals surface area contributed by atoms with E-state index in [0.717, 1.165) is 45.2 Å². The molecule has 0 bridgehead atoms. The number of rotatable bonds is 4. The minimum Gasteiger partial charge on any atom is -0.317 e. The second-order valence-corrected chi connectivity index (χ2v) is 7.03. The van der Waals surface area contributed by atoms with Crippen molar-refractivity contribution in [2.24, 2.45) is 0 Å². The monoisotopic (exact) mass is 275 g/mol. The lowest BCUT2D eigenvalue weighted by atomic mass is 10.1. The molecule has 0 aromatic rings. The van der Waals surface area contributed by atoms with Crippen LogP contribution in [0, 0.1) is 0 Å². The van der Waals surface area contributed by atoms with Crippen LogP contribution in [0.4, 0.5) is 0 Å². The highest BCUT2D eigenvalue weighted by atomic mass is 32.2. The van der Waals surface area contributed by atoms with Gasteiger partial charge in [0.1, 0.15) is 0 Å². The van der Waals surface area contributed by atoms with Gasteiger partial charge in [-0.1, -0.05) is 13.3 Å². The third-order valence-corrected chi connectivity index (χ3v) is 6.13. The van der Waals surface area contributed by atoms with Crippen LogP contribution in [-0.2, 0) is 10.2 Å². The summed E-state index contributed by atoms with van der Waals surface area (Å²) < 4.78 is 28.7. The maximum atomic E-state index is 12.6. The lowest BCUT2D eigenvalue weighted by Crippen LogP contribution is -2.52. The average Bonchev–Trinajstić information content (AvgIpc) is 2.41. The van der Waals surface area contributed by atoms with Crippen LogP contribution >= 0.6 is 0 Å². The summed E-state index contributed by atoms with van der Waals surface area (Å²) in [5, 5.41) is 3.29. The van der Waals surface area contributed by atoms with Crippen LogP contribution in [0.5, 0.6) is 0 Å². The van der Waals surface area contributed by atoms with E-state index in [2.05, 4.69) is 5.32 Å². The fourth-order valence-electron chi connectivity index (χ4n) is 2.95. The van der Waals surface area contributed by atoms with Crippen LogP contribution in [0.2, 0.25) is 0 Å². The van der Waals surface area contributed by atoms with Gasteiger partial charge in [0.05, 0.1) is 0 Å². The van der Waals surface area contributed by atoms with Gasteiger partial charge >= 0.3 is 0 Å². The van der Waals surface area contributed by atoms with Crippen LogP contribution in [0.25, 0.3) is 0 Å². The first kappa shape index (κ1) is 14.2. The molecule has 0 spiro atoms. The van der Waals surface area contributed by atoms with Crippen molar-refractivity contribution in [3.05, 3.63) is 0 Å². The van der Waals surface area contributed by atoms with Crippen molar-refractivity contribution >= 4 is 10.2 Å². The minimum atomic E-state index is -3.23. The van der Waals surface area contributed by atoms with Gasteiger partial charge in [0.2, 0.25) is 0 Å². The Morgan fingerprint density at radius 1 is 1.17 bits per heavy atom. The predicted molar refractivity (Wildman–Crippen MR) is 72.6 cm³/mol. The molecule has 2 heterocycles. The van der Waals surface area contributed by atoms with E-state index in [1.165, 1.54) is 0 Å². The summed E-state index contributed by atoms with van der Waals surface area (Å²) in [6, 6.07) is 0.183. The van der Waals surface area contributed by atoms with Gasteiger partial charge in [-0.2, -0.15) is 17.0 Å². The van der Waals surface area contributed by atoms with E-state index >= 15 is 0 Å². The van der Waals surface area contributed by atoms with Gasteiger partial charge in [0, 0.05) is 25.7 Å². The normalized spacial score (nSPS) is 24.6. The fourth-order valence-corrected chi connectivity index (χ4v) is 4.88. The first-order valence-electron chi connectivity index (χ1n) is 7.14. The summed E-state index contributed by atoms with van der Waals surface area (Å²) >= 11 is 0. The summed E-state index contributed by atoms with van der Waals surface area (Å²) in [5.41, 5.74) is 0. The minimum absolute atomic E-state index is 0.183. The molecule has 0 saturated carbocycles. The lowest BCUT2D eigenvalue weighted by Gasteiger charge is -2.37. The molecule has 2 rings (SSSR count). The first-order chi connectivity index (χ1) is 8.66. The van der Waals surface area contributed by atoms with Crippen molar-refractivity contribution < 1.29 is 8.42 Å². The second kappa shape index (κ2) is 6.32. The van der Waals surface area contributed by atoms with E-state index < -0.39 is 10.2 Å². The summed E-state index contributed by atoms with van der Waals surface area (Å²) in [7, 11) is -3.23. The molecule has 18 heavy (non-hydrogen) atoms. The Hall–Kier alpha value is -0.170. The number of nitrogens with zero attached hydrogens (tertiary/aromatic N) is 2. The van der Waals surface area contributed by atoms with Crippen molar-refractivity contribution in [2.45, 2.75) is 45.1 Å². The maximum Gasteiger partial charge on any atom is 0.282 e. The summed E-state index contributed by atoms with van der Waals surface area (Å²) in [6.07, 6.45) is 5.03. The van der Waals surface area contributed by atoms with E-state index in [-0.39, 0.29) is 6.04 Å². The SMILES string of the molecule is CCN(C1CCNCC1)S(=O)(=O)N1CCCCC1. The quantitative estimate of drug-likeness (QED) is 0.825. The highest BCUT2D eigenvalue weighted by molar-refractivity contribution is 7.86. The molecule has 1 N–H and O–H groups in total. The zero-order valence-electron chi connectivity index (χ0n) is 11.3. The van der Waals surface area contributed by atoms with Crippen molar-refractivity contribution in [1.29, 1.82) is 0 Å². The fraction of sp³-hybridized carbons (Fsp3) is 1.00. The van der Waals surface area contributed by atoms with E-state index in [1.54, 1.807) is 8.61 Å². The van der Waals surface area contributed by atoms with Crippen LogP contribution in [0.3, 0.4) is 0 Å². The number of hydrogen-bond donors (Lipinski definition) is 1. The van der Waals surface area contributed by atoms with Gasteiger partial charge in [0.15, 0.2) is 0 Å². The van der Waals surface area contributed by atoms with Gasteiger partial charge in [-0.25, -0.2) is 0 Å². The van der Waals surface area contributed by atoms with E-state index in [9.17, 15) is 8.42 Å². The third kappa shape index (κ3) is 3.04. The molecule has 0 atom stereocenters. The molecular weight excluding hydrogens is 250 g/mol. The Bertz CT molecular complexity index is 346. The molecule has 2 aliphatic rings. The van der Waals surface area contributed by atoms with Crippen molar-refractivity contribution in [3.63, 3.8) is 0 Å². The standard InChI is InChI=1S/C12H25N3O2S/c1-2-15(12-6-8-13-9-7-12)18(16,17)14-10-4-3-5-11-14/h12-13H,2-11H2,1H3. The zero-order valence-corrected chi connectivity index (χ0v) is 12.1. The Labute approximate surface area is 111 Å². The van der Waals surface area contributed by atoms with Gasteiger partial charge < -0.3 is 5.32 Å². The molecule has 0 aromatic carbocycles. The van der Waals surface area contributed by atoms with Crippen LogP contribution in [0.15, 0.2) is 0 Å². The summed E-state index contributed by atoms with van der Waals surface area (Å²) in [6.45, 7) is 5.79. The Morgan fingerprint density at radius 2 is 1.78 bits per heavy atom. The molecule has 2 saturated heterocycles. The number of piperidine rings is 2. The highest BCUT2D eigenvalue weighted by Gasteiger charge is 2.34. The van der Waals surface area contributed by atoms with Crippen molar-refractivity contribution in [1.82, 2.24) is 13.9 Å². The topological polar surface area (TPSA) is 52.7 Å². The number of nitrogens with one attached hydrogen (secondary N) is 1. The first-order valence-corrected chi connectivity index (χ1v) is 8.53. The van der Waals surface area contributed by atoms with Crippen molar-refractivity contribution in [3.8, 4) is 0 Å². The Balaban J connectivity index is 2.08. The molecule has 0 aromatic heterocycles. The van der Waals surface area contributed by atoms with Crippen LogP contribution in [0.1, 0.15) is 39.0 Å². The summed E-state index contributed by atoms with van der Waals surface area (Å²) in [4.78, 5) is 0. The molecule has 0 aliphatic carbocycles. The van der Waals surface area contributed by atoms with Gasteiger partial charge in [-0.15, -0.1) is 0 Å². The largest absolute Gasteiger partial charge is 0.317 e. The van der Waals surface area contributed by atoms with E-state index in [1.807, 2.05) is 6.92 Å². The van der Waals surface area contributed by atoms with Crippen LogP contribution < -0.4 is 5.32 Å². The van der Waals surface area contributed by atoms with E-state index in [0.29, 0.717) is 19.6 Å². The molecule has 5 nitrogen and oxygen atoms in total. The molecule has 0 amide bonds. The molecule has 2 fully saturated rings. The lowest BCUT2D eigenvalue weighted by molar-refractivity contribution is 0.239. The molecule has 0 unspecified atom stereocenters.